The minimum atomic E-state index is -0.245. The second-order valence-corrected chi connectivity index (χ2v) is 0.696. The van der Waals surface area contributed by atoms with Crippen molar-refractivity contribution in [1.82, 2.24) is 0 Å². The standard InChI is InChI=1S/C3H6O2.BrH.H2O/c1-3(4)5-2;;/h1-2H3;1H;1H2. The van der Waals surface area contributed by atoms with E-state index in [1.54, 1.807) is 0 Å². The van der Waals surface area contributed by atoms with Crippen LogP contribution in [0.5, 0.6) is 0 Å². The van der Waals surface area contributed by atoms with Crippen molar-refractivity contribution in [3.8, 4) is 0 Å². The normalized spacial score (nSPS) is 4.86. The predicted octanol–water partition coefficient (Wildman–Crippen LogP) is -0.0675. The van der Waals surface area contributed by atoms with Gasteiger partial charge in [0, 0.05) is 6.92 Å². The lowest BCUT2D eigenvalue weighted by Gasteiger charge is -1.80. The van der Waals surface area contributed by atoms with Gasteiger partial charge in [-0.15, -0.1) is 17.0 Å². The Hall–Kier alpha value is -0.0900. The summed E-state index contributed by atoms with van der Waals surface area (Å²) in [6.07, 6.45) is 0. The third-order valence-corrected chi connectivity index (χ3v) is 0.287. The second kappa shape index (κ2) is 9.32. The van der Waals surface area contributed by atoms with E-state index in [9.17, 15) is 4.79 Å². The van der Waals surface area contributed by atoms with Crippen LogP contribution in [-0.2, 0) is 9.53 Å². The maximum Gasteiger partial charge on any atom is 0.302 e. The van der Waals surface area contributed by atoms with Gasteiger partial charge in [-0.2, -0.15) is 0 Å². The molecule has 0 spiro atoms. The molecule has 0 heterocycles. The molecule has 0 aromatic heterocycles. The van der Waals surface area contributed by atoms with E-state index in [2.05, 4.69) is 4.74 Å². The van der Waals surface area contributed by atoms with E-state index in [-0.39, 0.29) is 28.4 Å². The molecule has 0 fully saturated rings. The molecule has 46 valence electrons. The quantitative estimate of drug-likeness (QED) is 0.481. The molecule has 4 heteroatoms. The summed E-state index contributed by atoms with van der Waals surface area (Å²) in [6, 6.07) is 0. The number of halogens is 1. The average Bonchev–Trinajstić information content (AvgIpc) is 1.38. The number of hydrogen-bond acceptors (Lipinski definition) is 2. The zero-order valence-electron chi connectivity index (χ0n) is 4.22. The fourth-order valence-corrected chi connectivity index (χ4v) is 0. The topological polar surface area (TPSA) is 57.8 Å². The summed E-state index contributed by atoms with van der Waals surface area (Å²) in [4.78, 5) is 9.59. The first-order valence-corrected chi connectivity index (χ1v) is 1.32. The summed E-state index contributed by atoms with van der Waals surface area (Å²) in [7, 11) is 1.35. The molecule has 0 aromatic rings. The van der Waals surface area contributed by atoms with Crippen molar-refractivity contribution in [2.75, 3.05) is 7.11 Å². The maximum absolute atomic E-state index is 9.59. The van der Waals surface area contributed by atoms with E-state index in [4.69, 9.17) is 0 Å². The van der Waals surface area contributed by atoms with Gasteiger partial charge in [-0.1, -0.05) is 0 Å². The van der Waals surface area contributed by atoms with Crippen molar-refractivity contribution in [2.45, 2.75) is 6.92 Å². The molecule has 0 saturated heterocycles. The SMILES string of the molecule is Br.COC(C)=O.O. The summed E-state index contributed by atoms with van der Waals surface area (Å²) >= 11 is 0. The number of carbonyl (C=O) groups is 1. The first kappa shape index (κ1) is 15.8. The largest absolute Gasteiger partial charge is 0.469 e. The molecule has 0 atom stereocenters. The van der Waals surface area contributed by atoms with Gasteiger partial charge in [0.25, 0.3) is 0 Å². The second-order valence-electron chi connectivity index (χ2n) is 0.696. The Kier molecular flexibility index (Phi) is 21.0. The summed E-state index contributed by atoms with van der Waals surface area (Å²) in [5.74, 6) is -0.245. The molecule has 0 bridgehead atoms. The highest BCUT2D eigenvalue weighted by atomic mass is 79.9. The number of methoxy groups -OCH3 is 1. The molecular formula is C3H9BrO3. The van der Waals surface area contributed by atoms with Gasteiger partial charge in [0.1, 0.15) is 0 Å². The molecule has 0 rings (SSSR count). The van der Waals surface area contributed by atoms with Crippen LogP contribution in [0.1, 0.15) is 6.92 Å². The van der Waals surface area contributed by atoms with Gasteiger partial charge < -0.3 is 10.2 Å². The highest BCUT2D eigenvalue weighted by molar-refractivity contribution is 8.93. The van der Waals surface area contributed by atoms with Crippen LogP contribution < -0.4 is 0 Å². The molecular weight excluding hydrogens is 164 g/mol. The average molecular weight is 173 g/mol. The molecule has 0 aromatic carbocycles. The van der Waals surface area contributed by atoms with Crippen LogP contribution in [0.4, 0.5) is 0 Å². The van der Waals surface area contributed by atoms with E-state index in [1.807, 2.05) is 0 Å². The van der Waals surface area contributed by atoms with Gasteiger partial charge in [-0.25, -0.2) is 0 Å². The van der Waals surface area contributed by atoms with Crippen LogP contribution in [0.3, 0.4) is 0 Å². The Bertz CT molecular complexity index is 45.4. The lowest BCUT2D eigenvalue weighted by atomic mass is 10.8. The van der Waals surface area contributed by atoms with Crippen LogP contribution in [0, 0.1) is 0 Å². The Balaban J connectivity index is -0.0000000800. The number of carbonyl (C=O) groups excluding carboxylic acids is 1. The summed E-state index contributed by atoms with van der Waals surface area (Å²) in [5.41, 5.74) is 0. The van der Waals surface area contributed by atoms with E-state index < -0.39 is 0 Å². The third kappa shape index (κ3) is 24.8. The van der Waals surface area contributed by atoms with Gasteiger partial charge in [-0.05, 0) is 0 Å². The van der Waals surface area contributed by atoms with Gasteiger partial charge in [0.05, 0.1) is 7.11 Å². The van der Waals surface area contributed by atoms with Crippen molar-refractivity contribution in [3.05, 3.63) is 0 Å². The van der Waals surface area contributed by atoms with Gasteiger partial charge in [0.15, 0.2) is 0 Å². The summed E-state index contributed by atoms with van der Waals surface area (Å²) in [5, 5.41) is 0. The fourth-order valence-electron chi connectivity index (χ4n) is 0. The Labute approximate surface area is 52.7 Å². The Morgan fingerprint density at radius 1 is 1.57 bits per heavy atom. The first-order chi connectivity index (χ1) is 2.27. The third-order valence-electron chi connectivity index (χ3n) is 0.287. The Morgan fingerprint density at radius 3 is 1.71 bits per heavy atom. The van der Waals surface area contributed by atoms with Crippen molar-refractivity contribution in [2.24, 2.45) is 0 Å². The monoisotopic (exact) mass is 172 g/mol. The summed E-state index contributed by atoms with van der Waals surface area (Å²) < 4.78 is 4.11. The van der Waals surface area contributed by atoms with Crippen LogP contribution in [0.25, 0.3) is 0 Å². The van der Waals surface area contributed by atoms with Gasteiger partial charge in [-0.3, -0.25) is 4.79 Å². The molecule has 0 saturated carbocycles. The van der Waals surface area contributed by atoms with Crippen molar-refractivity contribution in [1.29, 1.82) is 0 Å². The molecule has 0 radical (unpaired) electrons. The van der Waals surface area contributed by atoms with Crippen LogP contribution in [0.15, 0.2) is 0 Å². The zero-order valence-corrected chi connectivity index (χ0v) is 5.94. The maximum atomic E-state index is 9.59. The number of esters is 1. The lowest BCUT2D eigenvalue weighted by molar-refractivity contribution is -0.137. The first-order valence-electron chi connectivity index (χ1n) is 1.32. The Morgan fingerprint density at radius 2 is 1.71 bits per heavy atom. The van der Waals surface area contributed by atoms with Gasteiger partial charge >= 0.3 is 5.97 Å². The van der Waals surface area contributed by atoms with Gasteiger partial charge in [0.2, 0.25) is 0 Å². The van der Waals surface area contributed by atoms with E-state index in [0.29, 0.717) is 0 Å². The molecule has 7 heavy (non-hydrogen) atoms. The van der Waals surface area contributed by atoms with Crippen LogP contribution in [0.2, 0.25) is 0 Å². The van der Waals surface area contributed by atoms with E-state index >= 15 is 0 Å². The number of ether oxygens (including phenoxy) is 1. The molecule has 0 unspecified atom stereocenters. The van der Waals surface area contributed by atoms with Crippen molar-refractivity contribution in [3.63, 3.8) is 0 Å². The highest BCUT2D eigenvalue weighted by Crippen LogP contribution is 1.60. The number of rotatable bonds is 0. The van der Waals surface area contributed by atoms with Crippen LogP contribution in [-0.4, -0.2) is 18.6 Å². The van der Waals surface area contributed by atoms with Crippen molar-refractivity contribution >= 4 is 23.0 Å². The zero-order chi connectivity index (χ0) is 4.28. The minimum absolute atomic E-state index is 0. The highest BCUT2D eigenvalue weighted by Gasteiger charge is 1.75. The smallest absolute Gasteiger partial charge is 0.302 e. The molecule has 2 N–H and O–H groups in total. The molecule has 0 aliphatic rings. The lowest BCUT2D eigenvalue weighted by Crippen LogP contribution is -1.88. The molecule has 0 amide bonds. The number of hydrogen-bond donors (Lipinski definition) is 0. The fraction of sp³-hybridized carbons (Fsp3) is 0.667. The predicted molar refractivity (Wildman–Crippen MR) is 31.6 cm³/mol. The van der Waals surface area contributed by atoms with E-state index in [0.717, 1.165) is 0 Å². The van der Waals surface area contributed by atoms with E-state index in [1.165, 1.54) is 14.0 Å². The van der Waals surface area contributed by atoms with Crippen molar-refractivity contribution < 1.29 is 15.0 Å². The minimum Gasteiger partial charge on any atom is -0.469 e. The molecule has 3 nitrogen and oxygen atoms in total. The molecule has 0 aliphatic carbocycles. The summed E-state index contributed by atoms with van der Waals surface area (Å²) in [6.45, 7) is 1.36. The van der Waals surface area contributed by atoms with Crippen LogP contribution >= 0.6 is 17.0 Å². The molecule has 0 aliphatic heterocycles.